The van der Waals surface area contributed by atoms with Crippen molar-refractivity contribution < 1.29 is 42.1 Å². The summed E-state index contributed by atoms with van der Waals surface area (Å²) in [5, 5.41) is 14.9. The number of fused-ring (bicyclic) bond motifs is 3. The van der Waals surface area contributed by atoms with Crippen LogP contribution in [0.25, 0.3) is 0 Å². The number of methoxy groups -OCH3 is 1. The van der Waals surface area contributed by atoms with E-state index in [1.165, 1.54) is 19.2 Å². The molecule has 2 aromatic rings. The van der Waals surface area contributed by atoms with Gasteiger partial charge in [-0.3, -0.25) is 4.79 Å². The number of aliphatic hydroxyl groups excluding tert-OH is 1. The third kappa shape index (κ3) is 5.10. The Morgan fingerprint density at radius 1 is 1.12 bits per heavy atom. The predicted molar refractivity (Wildman–Crippen MR) is 115 cm³/mol. The van der Waals surface area contributed by atoms with Gasteiger partial charge in [0.1, 0.15) is 18.0 Å². The second kappa shape index (κ2) is 9.51. The van der Waals surface area contributed by atoms with Crippen molar-refractivity contribution in [2.75, 3.05) is 24.4 Å². The number of hydrogen-bond donors (Lipinski definition) is 3. The van der Waals surface area contributed by atoms with Gasteiger partial charge in [-0.05, 0) is 48.9 Å². The number of ether oxygens (including phenoxy) is 3. The Morgan fingerprint density at radius 2 is 1.79 bits per heavy atom. The number of hydrogen-bond acceptors (Lipinski definition) is 6. The fourth-order valence-electron chi connectivity index (χ4n) is 4.27. The molecule has 3 N–H and O–H groups in total. The first-order valence-corrected chi connectivity index (χ1v) is 10.6. The molecule has 8 nitrogen and oxygen atoms in total. The van der Waals surface area contributed by atoms with Crippen LogP contribution in [0.15, 0.2) is 42.5 Å². The van der Waals surface area contributed by atoms with Crippen molar-refractivity contribution in [2.45, 2.75) is 43.2 Å². The molecule has 0 bridgehead atoms. The van der Waals surface area contributed by atoms with Gasteiger partial charge in [0.25, 0.3) is 0 Å². The van der Waals surface area contributed by atoms with Crippen molar-refractivity contribution in [1.29, 1.82) is 0 Å². The zero-order valence-electron chi connectivity index (χ0n) is 18.1. The van der Waals surface area contributed by atoms with Crippen LogP contribution in [0.4, 0.5) is 29.3 Å². The van der Waals surface area contributed by atoms with E-state index >= 15 is 0 Å². The summed E-state index contributed by atoms with van der Waals surface area (Å²) < 4.78 is 54.6. The molecule has 0 unspecified atom stereocenters. The van der Waals surface area contributed by atoms with E-state index in [0.717, 1.165) is 17.7 Å². The van der Waals surface area contributed by atoms with Gasteiger partial charge in [0.2, 0.25) is 0 Å². The smallest absolute Gasteiger partial charge is 0.416 e. The monoisotopic (exact) mass is 480 g/mol. The lowest BCUT2D eigenvalue weighted by molar-refractivity contribution is -0.156. The highest BCUT2D eigenvalue weighted by Crippen LogP contribution is 2.47. The van der Waals surface area contributed by atoms with Crippen LogP contribution in [0.5, 0.6) is 5.75 Å². The number of esters is 1. The maximum Gasteiger partial charge on any atom is 0.416 e. The Hall–Kier alpha value is -3.31. The summed E-state index contributed by atoms with van der Waals surface area (Å²) in [6.45, 7) is -0.284. The fourth-order valence-corrected chi connectivity index (χ4v) is 4.27. The molecule has 1 fully saturated rings. The number of amides is 2. The summed E-state index contributed by atoms with van der Waals surface area (Å²) in [7, 11) is 1.29. The maximum atomic E-state index is 12.7. The van der Waals surface area contributed by atoms with E-state index in [1.54, 1.807) is 18.2 Å². The molecular formula is C23H23F3N2O6. The third-order valence-electron chi connectivity index (χ3n) is 5.85. The molecule has 4 atom stereocenters. The van der Waals surface area contributed by atoms with E-state index in [1.807, 2.05) is 0 Å². The third-order valence-corrected chi connectivity index (χ3v) is 5.85. The number of urea groups is 1. The topological polar surface area (TPSA) is 106 Å². The molecule has 0 radical (unpaired) electrons. The molecule has 182 valence electrons. The molecule has 0 saturated carbocycles. The molecule has 1 saturated heterocycles. The van der Waals surface area contributed by atoms with Crippen molar-refractivity contribution in [3.8, 4) is 5.75 Å². The highest BCUT2D eigenvalue weighted by molar-refractivity contribution is 5.99. The highest BCUT2D eigenvalue weighted by Gasteiger charge is 2.46. The summed E-state index contributed by atoms with van der Waals surface area (Å²) in [4.78, 5) is 24.1. The van der Waals surface area contributed by atoms with Gasteiger partial charge in [0, 0.05) is 22.9 Å². The molecule has 0 spiro atoms. The predicted octanol–water partition coefficient (Wildman–Crippen LogP) is 3.91. The van der Waals surface area contributed by atoms with Gasteiger partial charge in [-0.1, -0.05) is 0 Å². The first kappa shape index (κ1) is 23.8. The van der Waals surface area contributed by atoms with Crippen LogP contribution in [-0.2, 0) is 20.4 Å². The van der Waals surface area contributed by atoms with E-state index in [-0.39, 0.29) is 24.6 Å². The average Bonchev–Trinajstić information content (AvgIpc) is 3.16. The van der Waals surface area contributed by atoms with Crippen LogP contribution in [0.1, 0.15) is 29.9 Å². The van der Waals surface area contributed by atoms with Crippen LogP contribution in [0.3, 0.4) is 0 Å². The van der Waals surface area contributed by atoms with Crippen LogP contribution in [0.2, 0.25) is 0 Å². The van der Waals surface area contributed by atoms with E-state index in [2.05, 4.69) is 10.6 Å². The van der Waals surface area contributed by atoms with E-state index in [9.17, 15) is 27.9 Å². The van der Waals surface area contributed by atoms with Crippen molar-refractivity contribution in [3.05, 3.63) is 53.6 Å². The highest BCUT2D eigenvalue weighted by atomic mass is 19.4. The lowest BCUT2D eigenvalue weighted by Crippen LogP contribution is -2.46. The number of carbonyl (C=O) groups excluding carboxylic acids is 2. The number of anilines is 2. The minimum atomic E-state index is -4.46. The minimum Gasteiger partial charge on any atom is -0.487 e. The van der Waals surface area contributed by atoms with Gasteiger partial charge < -0.3 is 30.0 Å². The Morgan fingerprint density at radius 3 is 2.44 bits per heavy atom. The van der Waals surface area contributed by atoms with Crippen LogP contribution in [-0.4, -0.2) is 49.1 Å². The van der Waals surface area contributed by atoms with E-state index in [0.29, 0.717) is 17.9 Å². The van der Waals surface area contributed by atoms with Gasteiger partial charge in [-0.15, -0.1) is 0 Å². The molecule has 4 rings (SSSR count). The fraction of sp³-hybridized carbons (Fsp3) is 0.391. The van der Waals surface area contributed by atoms with Crippen molar-refractivity contribution in [1.82, 2.24) is 0 Å². The van der Waals surface area contributed by atoms with Crippen LogP contribution < -0.4 is 15.4 Å². The molecule has 2 amide bonds. The Labute approximate surface area is 193 Å². The number of rotatable bonds is 5. The molecule has 2 aromatic carbocycles. The number of carbonyl (C=O) groups is 2. The number of benzene rings is 2. The summed E-state index contributed by atoms with van der Waals surface area (Å²) in [5.41, 5.74) is 0.642. The quantitative estimate of drug-likeness (QED) is 0.561. The average molecular weight is 480 g/mol. The molecular weight excluding hydrogens is 457 g/mol. The number of aliphatic hydroxyl groups is 1. The first-order chi connectivity index (χ1) is 16.2. The first-order valence-electron chi connectivity index (χ1n) is 10.6. The zero-order chi connectivity index (χ0) is 24.5. The number of alkyl halides is 3. The molecule has 2 heterocycles. The lowest BCUT2D eigenvalue weighted by atomic mass is 9.84. The molecule has 2 aliphatic rings. The number of halogens is 3. The largest absolute Gasteiger partial charge is 0.487 e. The Bertz CT molecular complexity index is 1060. The Balaban J connectivity index is 1.45. The summed E-state index contributed by atoms with van der Waals surface area (Å²) in [6, 6.07) is 8.53. The van der Waals surface area contributed by atoms with Gasteiger partial charge in [-0.25, -0.2) is 4.79 Å². The van der Waals surface area contributed by atoms with Crippen molar-refractivity contribution >= 4 is 23.4 Å². The molecule has 2 aliphatic heterocycles. The summed E-state index contributed by atoms with van der Waals surface area (Å²) in [6.07, 6.45) is -5.48. The van der Waals surface area contributed by atoms with Crippen LogP contribution >= 0.6 is 0 Å². The minimum absolute atomic E-state index is 0.0407. The normalized spacial score (nSPS) is 23.3. The standard InChI is InChI=1S/C23H23F3N2O6/c1-32-20(30)10-15-9-17-16-8-14(6-7-18(16)34-21(17)19(11-29)33-15)28-22(31)27-13-4-2-12(3-5-13)23(24,25)26/h2-8,15,17,19,21,29H,9-11H2,1H3,(H2,27,28,31)/t15-,17-,19+,21+/m1/s1. The van der Waals surface area contributed by atoms with E-state index < -0.39 is 42.1 Å². The van der Waals surface area contributed by atoms with Gasteiger partial charge in [0.15, 0.2) is 0 Å². The summed E-state index contributed by atoms with van der Waals surface area (Å²) in [5.74, 6) is -0.00520. The Kier molecular flexibility index (Phi) is 6.67. The maximum absolute atomic E-state index is 12.7. The van der Waals surface area contributed by atoms with E-state index in [4.69, 9.17) is 14.2 Å². The summed E-state index contributed by atoms with van der Waals surface area (Å²) >= 11 is 0. The molecule has 0 aliphatic carbocycles. The van der Waals surface area contributed by atoms with Crippen LogP contribution in [0, 0.1) is 0 Å². The molecule has 11 heteroatoms. The van der Waals surface area contributed by atoms with Crippen molar-refractivity contribution in [3.63, 3.8) is 0 Å². The second-order valence-electron chi connectivity index (χ2n) is 8.09. The number of nitrogens with one attached hydrogen (secondary N) is 2. The van der Waals surface area contributed by atoms with Gasteiger partial charge in [-0.2, -0.15) is 13.2 Å². The van der Waals surface area contributed by atoms with Gasteiger partial charge in [0.05, 0.1) is 31.8 Å². The van der Waals surface area contributed by atoms with Crippen molar-refractivity contribution in [2.24, 2.45) is 0 Å². The lowest BCUT2D eigenvalue weighted by Gasteiger charge is -2.36. The van der Waals surface area contributed by atoms with Gasteiger partial charge >= 0.3 is 18.2 Å². The molecule has 0 aromatic heterocycles. The molecule has 34 heavy (non-hydrogen) atoms. The second-order valence-corrected chi connectivity index (χ2v) is 8.09. The SMILES string of the molecule is COC(=O)C[C@H]1C[C@@H]2c3cc(NC(=O)Nc4ccc(C(F)(F)F)cc4)ccc3O[C@@H]2[C@H](CO)O1. The zero-order valence-corrected chi connectivity index (χ0v) is 18.1.